The molecule has 0 spiro atoms. The molecule has 0 unspecified atom stereocenters. The van der Waals surface area contributed by atoms with Crippen LogP contribution in [-0.4, -0.2) is 34.9 Å². The smallest absolute Gasteiger partial charge is 0.410 e. The molecule has 0 heterocycles. The van der Waals surface area contributed by atoms with Gasteiger partial charge in [0.25, 0.3) is 0 Å². The zero-order valence-electron chi connectivity index (χ0n) is 12.5. The lowest BCUT2D eigenvalue weighted by atomic mass is 10.2. The van der Waals surface area contributed by atoms with Gasteiger partial charge in [-0.3, -0.25) is 0 Å². The number of rotatable bonds is 5. The summed E-state index contributed by atoms with van der Waals surface area (Å²) >= 11 is 11.9. The summed E-state index contributed by atoms with van der Waals surface area (Å²) in [4.78, 5) is 13.7. The largest absolute Gasteiger partial charge is 0.444 e. The van der Waals surface area contributed by atoms with E-state index in [1.807, 2.05) is 26.8 Å². The van der Waals surface area contributed by atoms with E-state index in [9.17, 15) is 4.79 Å². The summed E-state index contributed by atoms with van der Waals surface area (Å²) in [5.41, 5.74) is 0.292. The van der Waals surface area contributed by atoms with Crippen molar-refractivity contribution >= 4 is 29.3 Å². The highest BCUT2D eigenvalue weighted by Crippen LogP contribution is 2.23. The molecule has 0 aliphatic rings. The molecule has 21 heavy (non-hydrogen) atoms. The number of amides is 1. The summed E-state index contributed by atoms with van der Waals surface area (Å²) in [5, 5.41) is 9.88. The molecule has 6 heteroatoms. The van der Waals surface area contributed by atoms with E-state index in [0.717, 1.165) is 5.56 Å². The minimum Gasteiger partial charge on any atom is -0.444 e. The number of benzene rings is 1. The normalized spacial score (nSPS) is 11.3. The standard InChI is InChI=1S/C15H21Cl2NO3/c1-15(2,3)21-14(20)18(7-4-8-19)10-11-5-6-12(16)13(17)9-11/h5-6,9,19H,4,7-8,10H2,1-3H3. The van der Waals surface area contributed by atoms with Crippen molar-refractivity contribution in [2.45, 2.75) is 39.3 Å². The molecule has 4 nitrogen and oxygen atoms in total. The summed E-state index contributed by atoms with van der Waals surface area (Å²) in [5.74, 6) is 0. The number of carbonyl (C=O) groups excluding carboxylic acids is 1. The minimum atomic E-state index is -0.563. The lowest BCUT2D eigenvalue weighted by Gasteiger charge is -2.27. The number of hydrogen-bond acceptors (Lipinski definition) is 3. The molecule has 0 aliphatic heterocycles. The lowest BCUT2D eigenvalue weighted by molar-refractivity contribution is 0.0224. The molecule has 0 saturated heterocycles. The van der Waals surface area contributed by atoms with Gasteiger partial charge in [0.2, 0.25) is 0 Å². The van der Waals surface area contributed by atoms with E-state index in [-0.39, 0.29) is 6.61 Å². The maximum Gasteiger partial charge on any atom is 0.410 e. The number of aliphatic hydroxyl groups is 1. The second kappa shape index (κ2) is 7.87. The van der Waals surface area contributed by atoms with Crippen molar-refractivity contribution in [2.75, 3.05) is 13.2 Å². The Morgan fingerprint density at radius 2 is 1.95 bits per heavy atom. The van der Waals surface area contributed by atoms with E-state index < -0.39 is 11.7 Å². The molecule has 0 fully saturated rings. The van der Waals surface area contributed by atoms with Crippen LogP contribution in [0.15, 0.2) is 18.2 Å². The van der Waals surface area contributed by atoms with Crippen molar-refractivity contribution in [1.29, 1.82) is 0 Å². The van der Waals surface area contributed by atoms with E-state index in [0.29, 0.717) is 29.6 Å². The summed E-state index contributed by atoms with van der Waals surface area (Å²) in [6, 6.07) is 5.23. The Morgan fingerprint density at radius 3 is 2.48 bits per heavy atom. The zero-order valence-corrected chi connectivity index (χ0v) is 14.0. The monoisotopic (exact) mass is 333 g/mol. The Balaban J connectivity index is 2.81. The van der Waals surface area contributed by atoms with Crippen molar-refractivity contribution in [1.82, 2.24) is 4.90 Å². The second-order valence-corrected chi connectivity index (χ2v) is 6.54. The molecule has 1 aromatic rings. The molecule has 1 N–H and O–H groups in total. The molecule has 0 bridgehead atoms. The molecule has 0 aliphatic carbocycles. The quantitative estimate of drug-likeness (QED) is 0.881. The van der Waals surface area contributed by atoms with E-state index in [2.05, 4.69) is 0 Å². The van der Waals surface area contributed by atoms with Gasteiger partial charge >= 0.3 is 6.09 Å². The van der Waals surface area contributed by atoms with E-state index in [4.69, 9.17) is 33.0 Å². The van der Waals surface area contributed by atoms with Gasteiger partial charge in [0.1, 0.15) is 5.60 Å². The summed E-state index contributed by atoms with van der Waals surface area (Å²) in [7, 11) is 0. The predicted molar refractivity (Wildman–Crippen MR) is 84.8 cm³/mol. The molecular weight excluding hydrogens is 313 g/mol. The average molecular weight is 334 g/mol. The van der Waals surface area contributed by atoms with Crippen molar-refractivity contribution in [3.8, 4) is 0 Å². The van der Waals surface area contributed by atoms with Crippen molar-refractivity contribution in [3.05, 3.63) is 33.8 Å². The number of carbonyl (C=O) groups is 1. The van der Waals surface area contributed by atoms with Crippen molar-refractivity contribution in [3.63, 3.8) is 0 Å². The third-order valence-corrected chi connectivity index (χ3v) is 3.33. The first-order valence-corrected chi connectivity index (χ1v) is 7.51. The van der Waals surface area contributed by atoms with Gasteiger partial charge in [0.05, 0.1) is 10.0 Å². The first-order chi connectivity index (χ1) is 9.73. The molecule has 118 valence electrons. The topological polar surface area (TPSA) is 49.8 Å². The van der Waals surface area contributed by atoms with Crippen LogP contribution in [0.5, 0.6) is 0 Å². The molecule has 1 aromatic carbocycles. The number of aliphatic hydroxyl groups excluding tert-OH is 1. The van der Waals surface area contributed by atoms with Gasteiger partial charge in [0, 0.05) is 19.7 Å². The fourth-order valence-corrected chi connectivity index (χ4v) is 2.00. The van der Waals surface area contributed by atoms with Crippen LogP contribution in [0.1, 0.15) is 32.8 Å². The van der Waals surface area contributed by atoms with E-state index in [1.165, 1.54) is 0 Å². The molecular formula is C15H21Cl2NO3. The van der Waals surface area contributed by atoms with E-state index >= 15 is 0 Å². The Labute approximate surface area is 135 Å². The van der Waals surface area contributed by atoms with E-state index in [1.54, 1.807) is 17.0 Å². The van der Waals surface area contributed by atoms with Gasteiger partial charge in [-0.25, -0.2) is 4.79 Å². The SMILES string of the molecule is CC(C)(C)OC(=O)N(CCCO)Cc1ccc(Cl)c(Cl)c1. The van der Waals surface area contributed by atoms with Crippen LogP contribution in [0, 0.1) is 0 Å². The molecule has 1 amide bonds. The van der Waals surface area contributed by atoms with Gasteiger partial charge in [-0.2, -0.15) is 0 Å². The van der Waals surface area contributed by atoms with Crippen LogP contribution in [0.25, 0.3) is 0 Å². The van der Waals surface area contributed by atoms with Crippen LogP contribution >= 0.6 is 23.2 Å². The Morgan fingerprint density at radius 1 is 1.29 bits per heavy atom. The van der Waals surface area contributed by atoms with Gasteiger partial charge in [0.15, 0.2) is 0 Å². The summed E-state index contributed by atoms with van der Waals surface area (Å²) in [6.07, 6.45) is 0.0719. The highest BCUT2D eigenvalue weighted by Gasteiger charge is 2.22. The van der Waals surface area contributed by atoms with Crippen LogP contribution in [0.4, 0.5) is 4.79 Å². The van der Waals surface area contributed by atoms with Crippen molar-refractivity contribution in [2.24, 2.45) is 0 Å². The van der Waals surface area contributed by atoms with Crippen LogP contribution in [-0.2, 0) is 11.3 Å². The second-order valence-electron chi connectivity index (χ2n) is 5.73. The number of ether oxygens (including phenoxy) is 1. The van der Waals surface area contributed by atoms with Gasteiger partial charge in [-0.1, -0.05) is 29.3 Å². The van der Waals surface area contributed by atoms with Crippen molar-refractivity contribution < 1.29 is 14.6 Å². The van der Waals surface area contributed by atoms with Crippen LogP contribution in [0.2, 0.25) is 10.0 Å². The molecule has 0 aromatic heterocycles. The highest BCUT2D eigenvalue weighted by molar-refractivity contribution is 6.42. The summed E-state index contributed by atoms with van der Waals surface area (Å²) < 4.78 is 5.37. The van der Waals surface area contributed by atoms with Gasteiger partial charge in [-0.05, 0) is 44.9 Å². The van der Waals surface area contributed by atoms with Gasteiger partial charge in [-0.15, -0.1) is 0 Å². The average Bonchev–Trinajstić information content (AvgIpc) is 2.36. The Bertz CT molecular complexity index is 486. The predicted octanol–water partition coefficient (Wildman–Crippen LogP) is 4.11. The number of nitrogens with zero attached hydrogens (tertiary/aromatic N) is 1. The zero-order chi connectivity index (χ0) is 16.0. The molecule has 1 rings (SSSR count). The van der Waals surface area contributed by atoms with Crippen LogP contribution < -0.4 is 0 Å². The molecule has 0 radical (unpaired) electrons. The molecule has 0 atom stereocenters. The fraction of sp³-hybridized carbons (Fsp3) is 0.533. The first kappa shape index (κ1) is 18.1. The summed E-state index contributed by atoms with van der Waals surface area (Å²) in [6.45, 7) is 6.22. The lowest BCUT2D eigenvalue weighted by Crippen LogP contribution is -2.37. The minimum absolute atomic E-state index is 0.0146. The Hall–Kier alpha value is -0.970. The fourth-order valence-electron chi connectivity index (χ4n) is 1.68. The van der Waals surface area contributed by atoms with Crippen LogP contribution in [0.3, 0.4) is 0 Å². The Kier molecular flexibility index (Phi) is 6.78. The third-order valence-electron chi connectivity index (χ3n) is 2.60. The third kappa shape index (κ3) is 6.55. The highest BCUT2D eigenvalue weighted by atomic mass is 35.5. The number of hydrogen-bond donors (Lipinski definition) is 1. The molecule has 0 saturated carbocycles. The van der Waals surface area contributed by atoms with Gasteiger partial charge < -0.3 is 14.7 Å². The first-order valence-electron chi connectivity index (χ1n) is 6.75. The maximum absolute atomic E-state index is 12.2. The number of halogens is 2. The maximum atomic E-state index is 12.2.